The molecule has 1 fully saturated rings. The zero-order valence-corrected chi connectivity index (χ0v) is 12.5. The smallest absolute Gasteiger partial charge is 0.335 e. The van der Waals surface area contributed by atoms with E-state index in [1.807, 2.05) is 0 Å². The third-order valence-corrected chi connectivity index (χ3v) is 5.75. The van der Waals surface area contributed by atoms with E-state index in [-0.39, 0.29) is 17.0 Å². The van der Waals surface area contributed by atoms with Crippen molar-refractivity contribution >= 4 is 31.9 Å². The van der Waals surface area contributed by atoms with Crippen LogP contribution in [0.15, 0.2) is 21.5 Å². The molecule has 1 aliphatic rings. The SMILES string of the molecule is Cc1cc(C(=O)O)cc(S(=O)(=O)N2CCCO2)c1Br. The summed E-state index contributed by atoms with van der Waals surface area (Å²) in [4.78, 5) is 16.0. The Hall–Kier alpha value is -0.960. The molecule has 104 valence electrons. The summed E-state index contributed by atoms with van der Waals surface area (Å²) in [5.74, 6) is -1.17. The van der Waals surface area contributed by atoms with Gasteiger partial charge >= 0.3 is 5.97 Å². The lowest BCUT2D eigenvalue weighted by atomic mass is 10.1. The molecule has 1 N–H and O–H groups in total. The van der Waals surface area contributed by atoms with Crippen molar-refractivity contribution < 1.29 is 23.2 Å². The number of halogens is 1. The molecule has 1 aliphatic heterocycles. The van der Waals surface area contributed by atoms with Crippen molar-refractivity contribution in [3.05, 3.63) is 27.7 Å². The lowest BCUT2D eigenvalue weighted by Crippen LogP contribution is -2.27. The summed E-state index contributed by atoms with van der Waals surface area (Å²) in [5, 5.41) is 9.00. The fourth-order valence-electron chi connectivity index (χ4n) is 1.77. The maximum atomic E-state index is 12.4. The van der Waals surface area contributed by atoms with Gasteiger partial charge in [-0.3, -0.25) is 4.84 Å². The van der Waals surface area contributed by atoms with Crippen molar-refractivity contribution in [2.45, 2.75) is 18.2 Å². The number of aryl methyl sites for hydroxylation is 1. The molecule has 2 rings (SSSR count). The second kappa shape index (κ2) is 5.20. The Kier molecular flexibility index (Phi) is 3.95. The Morgan fingerprint density at radius 2 is 2.16 bits per heavy atom. The zero-order valence-electron chi connectivity index (χ0n) is 10.1. The Balaban J connectivity index is 2.57. The van der Waals surface area contributed by atoms with Crippen LogP contribution in [-0.4, -0.2) is 37.1 Å². The lowest BCUT2D eigenvalue weighted by Gasteiger charge is -2.16. The number of benzene rings is 1. The van der Waals surface area contributed by atoms with Crippen molar-refractivity contribution in [3.63, 3.8) is 0 Å². The average molecular weight is 350 g/mol. The Bertz CT molecular complexity index is 622. The van der Waals surface area contributed by atoms with Crippen LogP contribution in [0.2, 0.25) is 0 Å². The van der Waals surface area contributed by atoms with Gasteiger partial charge in [-0.25, -0.2) is 13.2 Å². The summed E-state index contributed by atoms with van der Waals surface area (Å²) in [6.07, 6.45) is 0.619. The van der Waals surface area contributed by atoms with Crippen LogP contribution in [0, 0.1) is 6.92 Å². The van der Waals surface area contributed by atoms with E-state index in [0.29, 0.717) is 23.1 Å². The summed E-state index contributed by atoms with van der Waals surface area (Å²) < 4.78 is 26.0. The number of nitrogens with zero attached hydrogens (tertiary/aromatic N) is 1. The van der Waals surface area contributed by atoms with Crippen LogP contribution in [0.1, 0.15) is 22.3 Å². The van der Waals surface area contributed by atoms with Gasteiger partial charge in [0.05, 0.1) is 17.1 Å². The highest BCUT2D eigenvalue weighted by molar-refractivity contribution is 9.10. The third kappa shape index (κ3) is 2.66. The van der Waals surface area contributed by atoms with E-state index in [4.69, 9.17) is 9.94 Å². The molecule has 0 spiro atoms. The van der Waals surface area contributed by atoms with Crippen molar-refractivity contribution in [1.29, 1.82) is 0 Å². The van der Waals surface area contributed by atoms with Gasteiger partial charge in [-0.05, 0) is 47.0 Å². The van der Waals surface area contributed by atoms with E-state index in [1.165, 1.54) is 6.07 Å². The normalized spacial score (nSPS) is 16.7. The van der Waals surface area contributed by atoms with E-state index in [9.17, 15) is 13.2 Å². The standard InChI is InChI=1S/C11H12BrNO5S/c1-7-5-8(11(14)15)6-9(10(7)12)19(16,17)13-3-2-4-18-13/h5-6H,2-4H2,1H3,(H,14,15). The minimum atomic E-state index is -3.85. The quantitative estimate of drug-likeness (QED) is 0.898. The van der Waals surface area contributed by atoms with E-state index in [1.54, 1.807) is 6.92 Å². The van der Waals surface area contributed by atoms with Crippen molar-refractivity contribution in [1.82, 2.24) is 4.47 Å². The number of carbonyl (C=O) groups is 1. The molecular weight excluding hydrogens is 338 g/mol. The molecule has 1 aromatic rings. The van der Waals surface area contributed by atoms with E-state index >= 15 is 0 Å². The first-order chi connectivity index (χ1) is 8.84. The maximum absolute atomic E-state index is 12.4. The van der Waals surface area contributed by atoms with Gasteiger partial charge in [0.1, 0.15) is 0 Å². The molecule has 0 atom stereocenters. The summed E-state index contributed by atoms with van der Waals surface area (Å²) in [7, 11) is -3.85. The molecule has 0 saturated carbocycles. The molecule has 0 bridgehead atoms. The van der Waals surface area contributed by atoms with Crippen molar-refractivity contribution in [3.8, 4) is 0 Å². The topological polar surface area (TPSA) is 83.9 Å². The summed E-state index contributed by atoms with van der Waals surface area (Å²) >= 11 is 3.19. The second-order valence-electron chi connectivity index (χ2n) is 4.13. The second-order valence-corrected chi connectivity index (χ2v) is 6.72. The summed E-state index contributed by atoms with van der Waals surface area (Å²) in [6, 6.07) is 2.55. The molecule has 0 radical (unpaired) electrons. The Morgan fingerprint density at radius 3 is 2.68 bits per heavy atom. The first kappa shape index (κ1) is 14.4. The van der Waals surface area contributed by atoms with Crippen LogP contribution in [-0.2, 0) is 14.9 Å². The van der Waals surface area contributed by atoms with Gasteiger partial charge in [0, 0.05) is 11.0 Å². The van der Waals surface area contributed by atoms with Crippen LogP contribution in [0.4, 0.5) is 0 Å². The molecule has 1 heterocycles. The van der Waals surface area contributed by atoms with Crippen LogP contribution >= 0.6 is 15.9 Å². The number of rotatable bonds is 3. The zero-order chi connectivity index (χ0) is 14.2. The van der Waals surface area contributed by atoms with Gasteiger partial charge in [-0.2, -0.15) is 0 Å². The first-order valence-electron chi connectivity index (χ1n) is 5.53. The number of hydrogen-bond donors (Lipinski definition) is 1. The molecule has 8 heteroatoms. The van der Waals surface area contributed by atoms with E-state index < -0.39 is 16.0 Å². The maximum Gasteiger partial charge on any atom is 0.335 e. The monoisotopic (exact) mass is 349 g/mol. The largest absolute Gasteiger partial charge is 0.478 e. The Morgan fingerprint density at radius 1 is 1.47 bits per heavy atom. The van der Waals surface area contributed by atoms with Gasteiger partial charge in [-0.15, -0.1) is 0 Å². The molecule has 0 aromatic heterocycles. The Labute approximate surface area is 119 Å². The molecule has 1 aromatic carbocycles. The number of sulfonamides is 1. The molecular formula is C11H12BrNO5S. The van der Waals surface area contributed by atoms with Crippen LogP contribution in [0.5, 0.6) is 0 Å². The van der Waals surface area contributed by atoms with Crippen molar-refractivity contribution in [2.24, 2.45) is 0 Å². The van der Waals surface area contributed by atoms with Gasteiger partial charge in [-0.1, -0.05) is 4.47 Å². The van der Waals surface area contributed by atoms with Crippen molar-refractivity contribution in [2.75, 3.05) is 13.2 Å². The molecule has 0 aliphatic carbocycles. The van der Waals surface area contributed by atoms with Gasteiger partial charge in [0.15, 0.2) is 0 Å². The average Bonchev–Trinajstić information content (AvgIpc) is 2.86. The molecule has 1 saturated heterocycles. The highest BCUT2D eigenvalue weighted by Crippen LogP contribution is 2.30. The third-order valence-electron chi connectivity index (χ3n) is 2.73. The minimum absolute atomic E-state index is 0.0709. The van der Waals surface area contributed by atoms with Crippen LogP contribution < -0.4 is 0 Å². The fraction of sp³-hybridized carbons (Fsp3) is 0.364. The fourth-order valence-corrected chi connectivity index (χ4v) is 4.08. The van der Waals surface area contributed by atoms with E-state index in [2.05, 4.69) is 15.9 Å². The number of carboxylic acid groups (broad SMARTS) is 1. The van der Waals surface area contributed by atoms with Gasteiger partial charge < -0.3 is 5.11 Å². The van der Waals surface area contributed by atoms with Crippen LogP contribution in [0.25, 0.3) is 0 Å². The highest BCUT2D eigenvalue weighted by atomic mass is 79.9. The highest BCUT2D eigenvalue weighted by Gasteiger charge is 2.31. The lowest BCUT2D eigenvalue weighted by molar-refractivity contribution is -0.0285. The minimum Gasteiger partial charge on any atom is -0.478 e. The predicted octanol–water partition coefficient (Wildman–Crippen LogP) is 1.78. The molecule has 0 amide bonds. The van der Waals surface area contributed by atoms with Crippen LogP contribution in [0.3, 0.4) is 0 Å². The molecule has 0 unspecified atom stereocenters. The first-order valence-corrected chi connectivity index (χ1v) is 7.76. The van der Waals surface area contributed by atoms with Gasteiger partial charge in [0.25, 0.3) is 10.0 Å². The number of carboxylic acids is 1. The summed E-state index contributed by atoms with van der Waals surface area (Å²) in [6.45, 7) is 2.25. The number of aromatic carboxylic acids is 1. The number of hydroxylamine groups is 1. The molecule has 6 nitrogen and oxygen atoms in total. The number of hydrogen-bond acceptors (Lipinski definition) is 4. The predicted molar refractivity (Wildman–Crippen MR) is 70.3 cm³/mol. The van der Waals surface area contributed by atoms with E-state index in [0.717, 1.165) is 10.5 Å². The van der Waals surface area contributed by atoms with Gasteiger partial charge in [0.2, 0.25) is 0 Å². The molecule has 19 heavy (non-hydrogen) atoms. The summed E-state index contributed by atoms with van der Waals surface area (Å²) in [5.41, 5.74) is 0.469.